The molecule has 4 aromatic rings. The van der Waals surface area contributed by atoms with Crippen molar-refractivity contribution >= 4 is 11.6 Å². The topological polar surface area (TPSA) is 65.4 Å². The summed E-state index contributed by atoms with van der Waals surface area (Å²) in [5.74, 6) is 1.46. The Morgan fingerprint density at radius 3 is 2.41 bits per heavy atom. The number of aryl methyl sites for hydroxylation is 2. The van der Waals surface area contributed by atoms with E-state index in [0.29, 0.717) is 23.7 Å². The maximum Gasteiger partial charge on any atom is 0.226 e. The highest BCUT2D eigenvalue weighted by molar-refractivity contribution is 5.90. The first-order valence-corrected chi connectivity index (χ1v) is 11.0. The monoisotopic (exact) mass is 459 g/mol. The van der Waals surface area contributed by atoms with Crippen LogP contribution >= 0.6 is 0 Å². The van der Waals surface area contributed by atoms with Crippen molar-refractivity contribution in [3.8, 4) is 23.1 Å². The van der Waals surface area contributed by atoms with E-state index in [4.69, 9.17) is 14.6 Å². The Morgan fingerprint density at radius 2 is 1.74 bits per heavy atom. The average Bonchev–Trinajstić information content (AvgIpc) is 3.14. The lowest BCUT2D eigenvalue weighted by Crippen LogP contribution is -2.12. The van der Waals surface area contributed by atoms with Gasteiger partial charge in [-0.15, -0.1) is 0 Å². The van der Waals surface area contributed by atoms with E-state index >= 15 is 0 Å². The summed E-state index contributed by atoms with van der Waals surface area (Å²) in [6.07, 6.45) is 0.646. The van der Waals surface area contributed by atoms with Gasteiger partial charge in [0.2, 0.25) is 11.8 Å². The molecule has 0 atom stereocenters. The Hall–Kier alpha value is -4.13. The Bertz CT molecular complexity index is 1280. The first-order valence-electron chi connectivity index (χ1n) is 11.0. The van der Waals surface area contributed by atoms with E-state index in [1.54, 1.807) is 11.8 Å². The predicted molar refractivity (Wildman–Crippen MR) is 129 cm³/mol. The van der Waals surface area contributed by atoms with E-state index in [-0.39, 0.29) is 18.1 Å². The molecule has 7 heteroatoms. The van der Waals surface area contributed by atoms with Crippen LogP contribution in [-0.4, -0.2) is 22.8 Å². The minimum atomic E-state index is -0.350. The van der Waals surface area contributed by atoms with Crippen molar-refractivity contribution in [2.45, 2.75) is 26.7 Å². The van der Waals surface area contributed by atoms with Crippen LogP contribution in [0.1, 0.15) is 23.2 Å². The zero-order chi connectivity index (χ0) is 24.1. The van der Waals surface area contributed by atoms with Gasteiger partial charge in [-0.25, -0.2) is 9.07 Å². The molecule has 0 aliphatic heterocycles. The highest BCUT2D eigenvalue weighted by atomic mass is 19.1. The maximum atomic E-state index is 13.1. The van der Waals surface area contributed by atoms with Crippen LogP contribution in [0.15, 0.2) is 72.8 Å². The average molecular weight is 460 g/mol. The lowest BCUT2D eigenvalue weighted by Gasteiger charge is -2.12. The zero-order valence-electron chi connectivity index (χ0n) is 19.3. The number of nitrogens with zero attached hydrogens (tertiary/aromatic N) is 2. The van der Waals surface area contributed by atoms with Crippen molar-refractivity contribution in [2.75, 3.05) is 12.4 Å². The number of hydrogen-bond acceptors (Lipinski definition) is 4. The van der Waals surface area contributed by atoms with Gasteiger partial charge in [0.05, 0.1) is 18.5 Å². The predicted octanol–water partition coefficient (Wildman–Crippen LogP) is 6.00. The summed E-state index contributed by atoms with van der Waals surface area (Å²) in [5.41, 5.74) is 4.05. The second kappa shape index (κ2) is 10.2. The van der Waals surface area contributed by atoms with Crippen LogP contribution in [0.2, 0.25) is 0 Å². The molecule has 0 saturated heterocycles. The van der Waals surface area contributed by atoms with E-state index in [9.17, 15) is 9.18 Å². The smallest absolute Gasteiger partial charge is 0.226 e. The number of aromatic nitrogens is 2. The normalized spacial score (nSPS) is 10.7. The molecule has 3 aromatic carbocycles. The fraction of sp³-hybridized carbons (Fsp3) is 0.185. The van der Waals surface area contributed by atoms with E-state index in [1.165, 1.54) is 24.3 Å². The van der Waals surface area contributed by atoms with Gasteiger partial charge in [-0.2, -0.15) is 5.10 Å². The van der Waals surface area contributed by atoms with Crippen LogP contribution < -0.4 is 14.8 Å². The summed E-state index contributed by atoms with van der Waals surface area (Å²) in [4.78, 5) is 12.6. The fourth-order valence-corrected chi connectivity index (χ4v) is 3.62. The third-order valence-corrected chi connectivity index (χ3v) is 5.39. The number of carbonyl (C=O) groups excluding carboxylic acids is 1. The van der Waals surface area contributed by atoms with Gasteiger partial charge in [0.15, 0.2) is 0 Å². The minimum absolute atomic E-state index is 0.176. The van der Waals surface area contributed by atoms with Crippen molar-refractivity contribution in [1.82, 2.24) is 9.78 Å². The Morgan fingerprint density at radius 1 is 1.00 bits per heavy atom. The number of amides is 1. The minimum Gasteiger partial charge on any atom is -0.497 e. The standard InChI is InChI=1S/C27H26FN3O3/c1-18-5-4-6-24(17-18)34-27-25(15-16-26(32)29-21-9-7-20(28)8-10-21)19(2)30-31(27)22-11-13-23(33-3)14-12-22/h4-14,17H,15-16H2,1-3H3,(H,29,32). The van der Waals surface area contributed by atoms with Crippen molar-refractivity contribution < 1.29 is 18.7 Å². The van der Waals surface area contributed by atoms with Crippen molar-refractivity contribution in [3.05, 3.63) is 95.4 Å². The molecule has 0 bridgehead atoms. The second-order valence-electron chi connectivity index (χ2n) is 7.95. The zero-order valence-corrected chi connectivity index (χ0v) is 19.3. The van der Waals surface area contributed by atoms with Crippen LogP contribution in [0.3, 0.4) is 0 Å². The highest BCUT2D eigenvalue weighted by Gasteiger charge is 2.20. The number of benzene rings is 3. The van der Waals surface area contributed by atoms with Crippen molar-refractivity contribution in [3.63, 3.8) is 0 Å². The number of hydrogen-bond donors (Lipinski definition) is 1. The summed E-state index contributed by atoms with van der Waals surface area (Å²) >= 11 is 0. The van der Waals surface area contributed by atoms with Crippen LogP contribution in [-0.2, 0) is 11.2 Å². The quantitative estimate of drug-likeness (QED) is 0.351. The van der Waals surface area contributed by atoms with E-state index < -0.39 is 0 Å². The molecule has 0 aliphatic carbocycles. The molecule has 1 heterocycles. The number of ether oxygens (including phenoxy) is 2. The number of nitrogens with one attached hydrogen (secondary N) is 1. The highest BCUT2D eigenvalue weighted by Crippen LogP contribution is 2.32. The first-order chi connectivity index (χ1) is 16.4. The third kappa shape index (κ3) is 5.43. The maximum absolute atomic E-state index is 13.1. The van der Waals surface area contributed by atoms with Crippen LogP contribution in [0.5, 0.6) is 17.4 Å². The Kier molecular flexibility index (Phi) is 6.92. The number of anilines is 1. The van der Waals surface area contributed by atoms with Gasteiger partial charge in [0.25, 0.3) is 0 Å². The molecule has 1 N–H and O–H groups in total. The van der Waals surface area contributed by atoms with Crippen LogP contribution in [0.25, 0.3) is 5.69 Å². The van der Waals surface area contributed by atoms with Gasteiger partial charge in [0, 0.05) is 17.7 Å². The molecule has 0 saturated carbocycles. The number of halogens is 1. The van der Waals surface area contributed by atoms with Gasteiger partial charge >= 0.3 is 0 Å². The number of methoxy groups -OCH3 is 1. The van der Waals surface area contributed by atoms with Gasteiger partial charge in [0.1, 0.15) is 17.3 Å². The molecule has 0 spiro atoms. The Balaban J connectivity index is 1.61. The molecule has 0 fully saturated rings. The van der Waals surface area contributed by atoms with E-state index in [0.717, 1.165) is 28.3 Å². The van der Waals surface area contributed by atoms with Gasteiger partial charge in [-0.05, 0) is 86.5 Å². The summed E-state index contributed by atoms with van der Waals surface area (Å²) < 4.78 is 26.4. The molecule has 0 radical (unpaired) electrons. The molecule has 1 aromatic heterocycles. The van der Waals surface area contributed by atoms with Gasteiger partial charge in [-0.1, -0.05) is 12.1 Å². The lowest BCUT2D eigenvalue weighted by atomic mass is 10.1. The van der Waals surface area contributed by atoms with Gasteiger partial charge in [-0.3, -0.25) is 4.79 Å². The fourth-order valence-electron chi connectivity index (χ4n) is 3.62. The molecule has 4 rings (SSSR count). The number of rotatable bonds is 8. The van der Waals surface area contributed by atoms with Crippen LogP contribution in [0.4, 0.5) is 10.1 Å². The van der Waals surface area contributed by atoms with Crippen molar-refractivity contribution in [2.24, 2.45) is 0 Å². The van der Waals surface area contributed by atoms with Gasteiger partial charge < -0.3 is 14.8 Å². The third-order valence-electron chi connectivity index (χ3n) is 5.39. The molecular formula is C27H26FN3O3. The van der Waals surface area contributed by atoms with Crippen molar-refractivity contribution in [1.29, 1.82) is 0 Å². The molecule has 6 nitrogen and oxygen atoms in total. The SMILES string of the molecule is COc1ccc(-n2nc(C)c(CCC(=O)Nc3ccc(F)cc3)c2Oc2cccc(C)c2)cc1. The number of carbonyl (C=O) groups is 1. The van der Waals surface area contributed by atoms with Crippen LogP contribution in [0, 0.1) is 19.7 Å². The summed E-state index contributed by atoms with van der Waals surface area (Å²) in [6, 6.07) is 21.0. The molecule has 0 unspecified atom stereocenters. The molecular weight excluding hydrogens is 433 g/mol. The lowest BCUT2D eigenvalue weighted by molar-refractivity contribution is -0.116. The molecule has 0 aliphatic rings. The molecule has 34 heavy (non-hydrogen) atoms. The molecule has 1 amide bonds. The summed E-state index contributed by atoms with van der Waals surface area (Å²) in [7, 11) is 1.62. The summed E-state index contributed by atoms with van der Waals surface area (Å²) in [6.45, 7) is 3.90. The van der Waals surface area contributed by atoms with E-state index in [1.807, 2.05) is 62.4 Å². The van der Waals surface area contributed by atoms with E-state index in [2.05, 4.69) is 5.32 Å². The summed E-state index contributed by atoms with van der Waals surface area (Å²) in [5, 5.41) is 7.50. The Labute approximate surface area is 198 Å². The largest absolute Gasteiger partial charge is 0.497 e. The second-order valence-corrected chi connectivity index (χ2v) is 7.95. The molecule has 174 valence electrons. The first kappa shape index (κ1) is 23.0.